The zero-order chi connectivity index (χ0) is 16.8. The molecule has 23 heavy (non-hydrogen) atoms. The summed E-state index contributed by atoms with van der Waals surface area (Å²) < 4.78 is 18.2. The molecule has 3 aliphatic rings. The Morgan fingerprint density at radius 3 is 2.74 bits per heavy atom. The Bertz CT molecular complexity index is 626. The Morgan fingerprint density at radius 1 is 1.39 bits per heavy atom. The summed E-state index contributed by atoms with van der Waals surface area (Å²) in [6, 6.07) is 2.42. The third-order valence-electron chi connectivity index (χ3n) is 4.21. The van der Waals surface area contributed by atoms with Crippen molar-refractivity contribution in [2.24, 2.45) is 5.92 Å². The summed E-state index contributed by atoms with van der Waals surface area (Å²) in [6.45, 7) is 6.07. The molecule has 2 aliphatic heterocycles. The molecule has 0 radical (unpaired) electrons. The first-order chi connectivity index (χ1) is 10.7. The molecule has 0 unspecified atom stereocenters. The third-order valence-corrected chi connectivity index (χ3v) is 4.21. The lowest BCUT2D eigenvalue weighted by molar-refractivity contribution is 0.0221. The first-order valence-electron chi connectivity index (χ1n) is 7.66. The summed E-state index contributed by atoms with van der Waals surface area (Å²) in [5.41, 5.74) is -0.232. The Labute approximate surface area is 134 Å². The van der Waals surface area contributed by atoms with Crippen LogP contribution < -0.4 is 5.32 Å². The summed E-state index contributed by atoms with van der Waals surface area (Å²) in [5, 5.41) is 2.91. The van der Waals surface area contributed by atoms with E-state index in [-0.39, 0.29) is 30.0 Å². The zero-order valence-corrected chi connectivity index (χ0v) is 13.4. The van der Waals surface area contributed by atoms with Gasteiger partial charge in [0.1, 0.15) is 5.60 Å². The minimum absolute atomic E-state index is 0.0350. The maximum Gasteiger partial charge on any atom is 0.410 e. The van der Waals surface area contributed by atoms with Gasteiger partial charge in [0, 0.05) is 18.7 Å². The van der Waals surface area contributed by atoms with E-state index in [2.05, 4.69) is 10.3 Å². The lowest BCUT2D eigenvalue weighted by atomic mass is 9.80. The van der Waals surface area contributed by atoms with E-state index in [1.165, 1.54) is 12.3 Å². The van der Waals surface area contributed by atoms with Gasteiger partial charge in [-0.2, -0.15) is 4.39 Å². The van der Waals surface area contributed by atoms with Crippen molar-refractivity contribution in [1.29, 1.82) is 0 Å². The van der Waals surface area contributed by atoms with Crippen LogP contribution in [0.1, 0.15) is 37.6 Å². The van der Waals surface area contributed by atoms with Crippen LogP contribution in [0.5, 0.6) is 0 Å². The highest BCUT2D eigenvalue weighted by Crippen LogP contribution is 2.41. The number of aromatic nitrogens is 1. The van der Waals surface area contributed by atoms with Gasteiger partial charge in [-0.05, 0) is 39.3 Å². The van der Waals surface area contributed by atoms with Crippen LogP contribution in [0.2, 0.25) is 0 Å². The number of halogens is 1. The van der Waals surface area contributed by atoms with Crippen molar-refractivity contribution in [1.82, 2.24) is 15.2 Å². The standard InChI is InChI=1S/C16H20FN3O3/c1-16(2,3)23-15(22)20-8-10-6-11(20)13(10)19-14(21)9-4-5-12(17)18-7-9/h4-5,7,10-11,13H,6,8H2,1-3H3,(H,19,21)/t10-,11+,13+/m1/s1. The highest BCUT2D eigenvalue weighted by Gasteiger charge is 2.55. The average molecular weight is 321 g/mol. The molecule has 3 fully saturated rings. The Kier molecular flexibility index (Phi) is 3.74. The van der Waals surface area contributed by atoms with Gasteiger partial charge in [0.25, 0.3) is 5.91 Å². The maximum absolute atomic E-state index is 12.8. The van der Waals surface area contributed by atoms with E-state index < -0.39 is 11.5 Å². The summed E-state index contributed by atoms with van der Waals surface area (Å²) in [7, 11) is 0. The molecule has 2 amide bonds. The van der Waals surface area contributed by atoms with Crippen molar-refractivity contribution in [2.45, 2.75) is 44.9 Å². The molecular weight excluding hydrogens is 301 g/mol. The number of amides is 2. The summed E-state index contributed by atoms with van der Waals surface area (Å²) in [4.78, 5) is 29.5. The second-order valence-electron chi connectivity index (χ2n) is 7.06. The minimum atomic E-state index is -0.624. The number of hydrogen-bond acceptors (Lipinski definition) is 4. The Morgan fingerprint density at radius 2 is 2.13 bits per heavy atom. The highest BCUT2D eigenvalue weighted by molar-refractivity contribution is 5.94. The number of carbonyl (C=O) groups is 2. The first-order valence-corrected chi connectivity index (χ1v) is 7.66. The number of hydrogen-bond donors (Lipinski definition) is 1. The quantitative estimate of drug-likeness (QED) is 0.845. The molecule has 6 nitrogen and oxygen atoms in total. The molecule has 1 aromatic rings. The van der Waals surface area contributed by atoms with Crippen LogP contribution in [0.15, 0.2) is 18.3 Å². The van der Waals surface area contributed by atoms with Crippen LogP contribution in [-0.4, -0.2) is 46.1 Å². The Balaban J connectivity index is 1.60. The maximum atomic E-state index is 12.8. The SMILES string of the molecule is CC(C)(C)OC(=O)N1C[C@H]2C[C@H]1[C@H]2NC(=O)c1ccc(F)nc1. The molecular formula is C16H20FN3O3. The number of nitrogens with one attached hydrogen (secondary N) is 1. The fourth-order valence-corrected chi connectivity index (χ4v) is 3.11. The van der Waals surface area contributed by atoms with Crippen LogP contribution >= 0.6 is 0 Å². The van der Waals surface area contributed by atoms with Crippen LogP contribution in [0.3, 0.4) is 0 Å². The molecule has 2 bridgehead atoms. The first kappa shape index (κ1) is 15.7. The molecule has 4 rings (SSSR count). The second kappa shape index (κ2) is 5.47. The molecule has 1 saturated carbocycles. The fourth-order valence-electron chi connectivity index (χ4n) is 3.11. The van der Waals surface area contributed by atoms with Crippen LogP contribution in [0.25, 0.3) is 0 Å². The molecule has 3 atom stereocenters. The Hall–Kier alpha value is -2.18. The molecule has 1 N–H and O–H groups in total. The van der Waals surface area contributed by atoms with E-state index in [1.54, 1.807) is 4.90 Å². The van der Waals surface area contributed by atoms with Gasteiger partial charge in [-0.1, -0.05) is 0 Å². The summed E-state index contributed by atoms with van der Waals surface area (Å²) in [6.07, 6.45) is 1.73. The smallest absolute Gasteiger partial charge is 0.410 e. The molecule has 124 valence electrons. The molecule has 0 aromatic carbocycles. The van der Waals surface area contributed by atoms with Gasteiger partial charge in [-0.25, -0.2) is 9.78 Å². The summed E-state index contributed by atoms with van der Waals surface area (Å²) >= 11 is 0. The molecule has 2 saturated heterocycles. The van der Waals surface area contributed by atoms with E-state index in [0.29, 0.717) is 12.1 Å². The van der Waals surface area contributed by atoms with Crippen LogP contribution in [0, 0.1) is 11.9 Å². The van der Waals surface area contributed by atoms with E-state index in [1.807, 2.05) is 20.8 Å². The molecule has 0 spiro atoms. The average Bonchev–Trinajstić information content (AvgIpc) is 3.02. The van der Waals surface area contributed by atoms with Crippen molar-refractivity contribution in [2.75, 3.05) is 6.54 Å². The van der Waals surface area contributed by atoms with Gasteiger partial charge < -0.3 is 15.0 Å². The van der Waals surface area contributed by atoms with Crippen LogP contribution in [-0.2, 0) is 4.74 Å². The third kappa shape index (κ3) is 3.13. The molecule has 1 aliphatic carbocycles. The highest BCUT2D eigenvalue weighted by atomic mass is 19.1. The molecule has 3 heterocycles. The fraction of sp³-hybridized carbons (Fsp3) is 0.562. The topological polar surface area (TPSA) is 71.5 Å². The predicted molar refractivity (Wildman–Crippen MR) is 80.3 cm³/mol. The van der Waals surface area contributed by atoms with Gasteiger partial charge in [-0.3, -0.25) is 4.79 Å². The van der Waals surface area contributed by atoms with E-state index >= 15 is 0 Å². The number of nitrogens with zero attached hydrogens (tertiary/aromatic N) is 2. The summed E-state index contributed by atoms with van der Waals surface area (Å²) in [5.74, 6) is -0.686. The normalized spacial score (nSPS) is 25.7. The van der Waals surface area contributed by atoms with E-state index in [9.17, 15) is 14.0 Å². The molecule has 1 aromatic heterocycles. The number of carbonyl (C=O) groups excluding carboxylic acids is 2. The van der Waals surface area contributed by atoms with Gasteiger partial charge >= 0.3 is 6.09 Å². The van der Waals surface area contributed by atoms with Crippen molar-refractivity contribution in [3.63, 3.8) is 0 Å². The largest absolute Gasteiger partial charge is 0.444 e. The number of ether oxygens (including phenoxy) is 1. The lowest BCUT2D eigenvalue weighted by Gasteiger charge is -2.37. The van der Waals surface area contributed by atoms with Gasteiger partial charge in [0.05, 0.1) is 17.6 Å². The zero-order valence-electron chi connectivity index (χ0n) is 13.4. The van der Waals surface area contributed by atoms with Crippen LogP contribution in [0.4, 0.5) is 9.18 Å². The van der Waals surface area contributed by atoms with Gasteiger partial charge in [-0.15, -0.1) is 0 Å². The van der Waals surface area contributed by atoms with E-state index in [0.717, 1.165) is 12.5 Å². The number of rotatable bonds is 2. The minimum Gasteiger partial charge on any atom is -0.444 e. The van der Waals surface area contributed by atoms with Gasteiger partial charge in [0.2, 0.25) is 5.95 Å². The molecule has 7 heteroatoms. The van der Waals surface area contributed by atoms with E-state index in [4.69, 9.17) is 4.74 Å². The van der Waals surface area contributed by atoms with Crippen molar-refractivity contribution in [3.8, 4) is 0 Å². The number of pyridine rings is 1. The lowest BCUT2D eigenvalue weighted by Crippen LogP contribution is -2.55. The predicted octanol–water partition coefficient (Wildman–Crippen LogP) is 1.96. The number of fused-ring (bicyclic) bond motifs is 1. The van der Waals surface area contributed by atoms with Crippen molar-refractivity contribution < 1.29 is 18.7 Å². The van der Waals surface area contributed by atoms with Gasteiger partial charge in [0.15, 0.2) is 0 Å². The monoisotopic (exact) mass is 321 g/mol. The second-order valence-corrected chi connectivity index (χ2v) is 7.06. The van der Waals surface area contributed by atoms with Crippen molar-refractivity contribution >= 4 is 12.0 Å². The van der Waals surface area contributed by atoms with Crippen molar-refractivity contribution in [3.05, 3.63) is 29.8 Å².